The third-order valence-corrected chi connectivity index (χ3v) is 3.79. The predicted octanol–water partition coefficient (Wildman–Crippen LogP) is 2.60. The lowest BCUT2D eigenvalue weighted by Crippen LogP contribution is -2.33. The van der Waals surface area contributed by atoms with E-state index in [9.17, 15) is 4.79 Å². The second-order valence-corrected chi connectivity index (χ2v) is 5.47. The van der Waals surface area contributed by atoms with Crippen molar-refractivity contribution in [2.75, 3.05) is 19.8 Å². The van der Waals surface area contributed by atoms with Crippen molar-refractivity contribution >= 4 is 11.9 Å². The van der Waals surface area contributed by atoms with Gasteiger partial charge < -0.3 is 9.47 Å². The molecule has 1 N–H and O–H groups in total. The van der Waals surface area contributed by atoms with E-state index in [-0.39, 0.29) is 24.3 Å². The monoisotopic (exact) mass is 304 g/mol. The van der Waals surface area contributed by atoms with Crippen LogP contribution in [0.2, 0.25) is 0 Å². The SMILES string of the molecule is CCOC(=N)CC(=O)OCC1CCCN1Cc1ccccc1. The van der Waals surface area contributed by atoms with Gasteiger partial charge in [-0.2, -0.15) is 0 Å². The summed E-state index contributed by atoms with van der Waals surface area (Å²) in [5.74, 6) is -0.412. The first-order valence-electron chi connectivity index (χ1n) is 7.83. The van der Waals surface area contributed by atoms with Crippen LogP contribution in [0.15, 0.2) is 30.3 Å². The largest absolute Gasteiger partial charge is 0.481 e. The number of nitrogens with zero attached hydrogens (tertiary/aromatic N) is 1. The minimum absolute atomic E-state index is 0.0277. The van der Waals surface area contributed by atoms with Crippen LogP contribution in [0.3, 0.4) is 0 Å². The molecule has 2 rings (SSSR count). The van der Waals surface area contributed by atoms with Gasteiger partial charge in [-0.05, 0) is 31.9 Å². The molecule has 1 aromatic rings. The quantitative estimate of drug-likeness (QED) is 0.478. The number of likely N-dealkylation sites (tertiary alicyclic amines) is 1. The van der Waals surface area contributed by atoms with E-state index < -0.39 is 0 Å². The fraction of sp³-hybridized carbons (Fsp3) is 0.529. The Balaban J connectivity index is 1.76. The molecule has 0 spiro atoms. The summed E-state index contributed by atoms with van der Waals surface area (Å²) in [6, 6.07) is 10.6. The van der Waals surface area contributed by atoms with Crippen molar-refractivity contribution < 1.29 is 14.3 Å². The average molecular weight is 304 g/mol. The molecule has 1 aromatic carbocycles. The zero-order valence-corrected chi connectivity index (χ0v) is 13.1. The zero-order valence-electron chi connectivity index (χ0n) is 13.1. The van der Waals surface area contributed by atoms with Gasteiger partial charge in [0.15, 0.2) is 5.90 Å². The lowest BCUT2D eigenvalue weighted by atomic mass is 10.2. The first-order valence-corrected chi connectivity index (χ1v) is 7.83. The number of hydrogen-bond donors (Lipinski definition) is 1. The summed E-state index contributed by atoms with van der Waals surface area (Å²) in [4.78, 5) is 14.0. The standard InChI is InChI=1S/C17H24N2O3/c1-2-21-16(18)11-17(20)22-13-15-9-6-10-19(15)12-14-7-4-3-5-8-14/h3-5,7-8,15,18H,2,6,9-13H2,1H3. The van der Waals surface area contributed by atoms with Crippen LogP contribution in [0.5, 0.6) is 0 Å². The normalized spacial score (nSPS) is 18.1. The van der Waals surface area contributed by atoms with Gasteiger partial charge in [0.2, 0.25) is 0 Å². The van der Waals surface area contributed by atoms with Gasteiger partial charge >= 0.3 is 5.97 Å². The summed E-state index contributed by atoms with van der Waals surface area (Å²) < 4.78 is 10.3. The van der Waals surface area contributed by atoms with Crippen molar-refractivity contribution in [3.8, 4) is 0 Å². The number of benzene rings is 1. The molecular formula is C17H24N2O3. The van der Waals surface area contributed by atoms with Crippen LogP contribution < -0.4 is 0 Å². The molecule has 0 amide bonds. The van der Waals surface area contributed by atoms with Crippen molar-refractivity contribution in [3.05, 3.63) is 35.9 Å². The third kappa shape index (κ3) is 5.15. The third-order valence-electron chi connectivity index (χ3n) is 3.79. The van der Waals surface area contributed by atoms with Crippen LogP contribution in [-0.4, -0.2) is 42.6 Å². The molecule has 1 heterocycles. The van der Waals surface area contributed by atoms with Crippen molar-refractivity contribution in [2.24, 2.45) is 0 Å². The molecule has 0 bridgehead atoms. The molecule has 5 nitrogen and oxygen atoms in total. The minimum atomic E-state index is -0.384. The summed E-state index contributed by atoms with van der Waals surface area (Å²) in [6.07, 6.45) is 2.09. The maximum atomic E-state index is 11.7. The van der Waals surface area contributed by atoms with Gasteiger partial charge in [-0.25, -0.2) is 0 Å². The Labute approximate surface area is 131 Å². The van der Waals surface area contributed by atoms with Gasteiger partial charge in [-0.15, -0.1) is 0 Å². The Morgan fingerprint density at radius 2 is 2.09 bits per heavy atom. The highest BCUT2D eigenvalue weighted by atomic mass is 16.5. The Bertz CT molecular complexity index is 490. The molecule has 1 aliphatic heterocycles. The van der Waals surface area contributed by atoms with E-state index in [1.807, 2.05) is 18.2 Å². The van der Waals surface area contributed by atoms with Crippen molar-refractivity contribution in [2.45, 2.75) is 38.8 Å². The smallest absolute Gasteiger partial charge is 0.315 e. The second kappa shape index (κ2) is 8.54. The molecule has 0 aliphatic carbocycles. The first kappa shape index (κ1) is 16.5. The maximum absolute atomic E-state index is 11.7. The molecule has 120 valence electrons. The van der Waals surface area contributed by atoms with Gasteiger partial charge in [0.05, 0.1) is 6.61 Å². The molecule has 0 radical (unpaired) electrons. The summed E-state index contributed by atoms with van der Waals surface area (Å²) in [5.41, 5.74) is 1.28. The summed E-state index contributed by atoms with van der Waals surface area (Å²) >= 11 is 0. The number of esters is 1. The van der Waals surface area contributed by atoms with Gasteiger partial charge in [-0.3, -0.25) is 15.1 Å². The molecule has 0 aromatic heterocycles. The van der Waals surface area contributed by atoms with Crippen LogP contribution in [0, 0.1) is 5.41 Å². The predicted molar refractivity (Wildman–Crippen MR) is 84.8 cm³/mol. The van der Waals surface area contributed by atoms with Crippen LogP contribution in [0.4, 0.5) is 0 Å². The molecule has 1 atom stereocenters. The fourth-order valence-electron chi connectivity index (χ4n) is 2.71. The molecular weight excluding hydrogens is 280 g/mol. The van der Waals surface area contributed by atoms with Gasteiger partial charge in [0, 0.05) is 12.6 Å². The summed E-state index contributed by atoms with van der Waals surface area (Å²) in [5, 5.41) is 7.46. The average Bonchev–Trinajstić information content (AvgIpc) is 2.93. The molecule has 1 unspecified atom stereocenters. The minimum Gasteiger partial charge on any atom is -0.481 e. The van der Waals surface area contributed by atoms with Crippen LogP contribution in [-0.2, 0) is 20.8 Å². The highest BCUT2D eigenvalue weighted by molar-refractivity contribution is 5.92. The fourth-order valence-corrected chi connectivity index (χ4v) is 2.71. The van der Waals surface area contributed by atoms with Crippen molar-refractivity contribution in [3.63, 3.8) is 0 Å². The highest BCUT2D eigenvalue weighted by Gasteiger charge is 2.25. The molecule has 22 heavy (non-hydrogen) atoms. The molecule has 5 heteroatoms. The van der Waals surface area contributed by atoms with Crippen molar-refractivity contribution in [1.82, 2.24) is 4.90 Å². The van der Waals surface area contributed by atoms with Crippen molar-refractivity contribution in [1.29, 1.82) is 5.41 Å². The Hall–Kier alpha value is -1.88. The number of carbonyl (C=O) groups excluding carboxylic acids is 1. The Morgan fingerprint density at radius 1 is 1.32 bits per heavy atom. The van der Waals surface area contributed by atoms with E-state index in [4.69, 9.17) is 14.9 Å². The van der Waals surface area contributed by atoms with E-state index in [0.717, 1.165) is 25.9 Å². The first-order chi connectivity index (χ1) is 10.7. The maximum Gasteiger partial charge on any atom is 0.315 e. The van der Waals surface area contributed by atoms with E-state index in [1.54, 1.807) is 6.92 Å². The second-order valence-electron chi connectivity index (χ2n) is 5.47. The summed E-state index contributed by atoms with van der Waals surface area (Å²) in [7, 11) is 0. The number of nitrogens with one attached hydrogen (secondary N) is 1. The van der Waals surface area contributed by atoms with Crippen LogP contribution >= 0.6 is 0 Å². The van der Waals surface area contributed by atoms with E-state index >= 15 is 0 Å². The zero-order chi connectivity index (χ0) is 15.8. The summed E-state index contributed by atoms with van der Waals surface area (Å²) in [6.45, 7) is 4.51. The Morgan fingerprint density at radius 3 is 2.82 bits per heavy atom. The van der Waals surface area contributed by atoms with Crippen LogP contribution in [0.25, 0.3) is 0 Å². The topological polar surface area (TPSA) is 62.6 Å². The molecule has 1 saturated heterocycles. The lowest BCUT2D eigenvalue weighted by Gasteiger charge is -2.24. The van der Waals surface area contributed by atoms with Gasteiger partial charge in [0.25, 0.3) is 0 Å². The molecule has 1 fully saturated rings. The van der Waals surface area contributed by atoms with E-state index in [1.165, 1.54) is 5.56 Å². The lowest BCUT2D eigenvalue weighted by molar-refractivity contribution is -0.144. The van der Waals surface area contributed by atoms with E-state index in [2.05, 4.69) is 17.0 Å². The van der Waals surface area contributed by atoms with E-state index in [0.29, 0.717) is 13.2 Å². The number of ether oxygens (including phenoxy) is 2. The molecule has 0 saturated carbocycles. The highest BCUT2D eigenvalue weighted by Crippen LogP contribution is 2.20. The molecule has 1 aliphatic rings. The number of carbonyl (C=O) groups is 1. The Kier molecular flexibility index (Phi) is 6.40. The van der Waals surface area contributed by atoms with Gasteiger partial charge in [-0.1, -0.05) is 30.3 Å². The van der Waals surface area contributed by atoms with Crippen LogP contribution in [0.1, 0.15) is 31.7 Å². The number of hydrogen-bond acceptors (Lipinski definition) is 5. The number of rotatable bonds is 7. The van der Waals surface area contributed by atoms with Gasteiger partial charge in [0.1, 0.15) is 13.0 Å².